The van der Waals surface area contributed by atoms with E-state index in [0.717, 1.165) is 12.8 Å². The van der Waals surface area contributed by atoms with Gasteiger partial charge in [0.15, 0.2) is 0 Å². The fraction of sp³-hybridized carbons (Fsp3) is 0.846. The van der Waals surface area contributed by atoms with Gasteiger partial charge in [-0.25, -0.2) is 4.79 Å². The Kier molecular flexibility index (Phi) is 4.58. The zero-order chi connectivity index (χ0) is 13.0. The molecule has 1 aliphatic heterocycles. The molecule has 1 amide bonds. The largest absolute Gasteiger partial charge is 0.480 e. The molecule has 1 aliphatic carbocycles. The smallest absolute Gasteiger partial charge is 0.327 e. The molecule has 2 aliphatic rings. The van der Waals surface area contributed by atoms with Gasteiger partial charge in [0.05, 0.1) is 0 Å². The number of nitrogens with zero attached hydrogens (tertiary/aromatic N) is 1. The average molecular weight is 254 g/mol. The number of carbonyl (C=O) groups excluding carboxylic acids is 1. The molecule has 1 heterocycles. The number of carboxylic acids is 1. The van der Waals surface area contributed by atoms with Crippen LogP contribution >= 0.6 is 0 Å². The second-order valence-electron chi connectivity index (χ2n) is 5.35. The van der Waals surface area contributed by atoms with Crippen molar-refractivity contribution < 1.29 is 14.7 Å². The highest BCUT2D eigenvalue weighted by Crippen LogP contribution is 2.27. The van der Waals surface area contributed by atoms with Gasteiger partial charge in [0.1, 0.15) is 6.04 Å². The summed E-state index contributed by atoms with van der Waals surface area (Å²) in [7, 11) is 0. The highest BCUT2D eigenvalue weighted by atomic mass is 16.4. The van der Waals surface area contributed by atoms with E-state index in [1.165, 1.54) is 19.3 Å². The van der Waals surface area contributed by atoms with Gasteiger partial charge in [-0.15, -0.1) is 0 Å². The summed E-state index contributed by atoms with van der Waals surface area (Å²) in [5.74, 6) is -0.412. The molecule has 0 spiro atoms. The molecule has 2 fully saturated rings. The Morgan fingerprint density at radius 1 is 1.22 bits per heavy atom. The normalized spacial score (nSPS) is 26.0. The maximum Gasteiger partial charge on any atom is 0.327 e. The lowest BCUT2D eigenvalue weighted by Gasteiger charge is -2.34. The Morgan fingerprint density at radius 3 is 2.61 bits per heavy atom. The number of nitrogens with one attached hydrogen (secondary N) is 1. The van der Waals surface area contributed by atoms with Gasteiger partial charge in [0.2, 0.25) is 5.91 Å². The van der Waals surface area contributed by atoms with E-state index >= 15 is 0 Å². The van der Waals surface area contributed by atoms with Gasteiger partial charge >= 0.3 is 5.97 Å². The first-order valence-electron chi connectivity index (χ1n) is 6.91. The number of piperazine rings is 1. The van der Waals surface area contributed by atoms with E-state index in [4.69, 9.17) is 5.11 Å². The molecule has 0 aromatic heterocycles. The molecular formula is C13H22N2O3. The summed E-state index contributed by atoms with van der Waals surface area (Å²) in [6.07, 6.45) is 6.47. The van der Waals surface area contributed by atoms with Crippen LogP contribution in [0.2, 0.25) is 0 Å². The molecule has 1 saturated carbocycles. The molecule has 1 atom stereocenters. The Labute approximate surface area is 108 Å². The third-order valence-corrected chi connectivity index (χ3v) is 4.04. The minimum atomic E-state index is -0.904. The number of amides is 1. The number of hydrogen-bond acceptors (Lipinski definition) is 3. The third kappa shape index (κ3) is 3.22. The van der Waals surface area contributed by atoms with Crippen molar-refractivity contribution >= 4 is 11.9 Å². The van der Waals surface area contributed by atoms with Crippen LogP contribution in [0, 0.1) is 5.92 Å². The molecule has 102 valence electrons. The lowest BCUT2D eigenvalue weighted by molar-refractivity contribution is -0.151. The Bertz CT molecular complexity index is 313. The molecule has 2 N–H and O–H groups in total. The first kappa shape index (κ1) is 13.3. The van der Waals surface area contributed by atoms with Crippen LogP contribution in [0.5, 0.6) is 0 Å². The van der Waals surface area contributed by atoms with Crippen LogP contribution in [0.15, 0.2) is 0 Å². The SMILES string of the molecule is O=C(O)C1CNCCN1C(=O)CC1CCCCC1. The van der Waals surface area contributed by atoms with E-state index in [9.17, 15) is 9.59 Å². The van der Waals surface area contributed by atoms with Gasteiger partial charge in [-0.3, -0.25) is 4.79 Å². The number of hydrogen-bond donors (Lipinski definition) is 2. The van der Waals surface area contributed by atoms with Gasteiger partial charge < -0.3 is 15.3 Å². The molecule has 0 bridgehead atoms. The van der Waals surface area contributed by atoms with Crippen molar-refractivity contribution in [2.75, 3.05) is 19.6 Å². The summed E-state index contributed by atoms with van der Waals surface area (Å²) >= 11 is 0. The predicted molar refractivity (Wildman–Crippen MR) is 67.2 cm³/mol. The number of carbonyl (C=O) groups is 2. The predicted octanol–water partition coefficient (Wildman–Crippen LogP) is 0.842. The molecule has 2 rings (SSSR count). The lowest BCUT2D eigenvalue weighted by Crippen LogP contribution is -2.57. The number of rotatable bonds is 3. The Hall–Kier alpha value is -1.10. The van der Waals surface area contributed by atoms with Crippen LogP contribution in [0.1, 0.15) is 38.5 Å². The van der Waals surface area contributed by atoms with Crippen molar-refractivity contribution in [1.29, 1.82) is 0 Å². The molecule has 18 heavy (non-hydrogen) atoms. The standard InChI is InChI=1S/C13H22N2O3/c16-12(8-10-4-2-1-3-5-10)15-7-6-14-9-11(15)13(17)18/h10-11,14H,1-9H2,(H,17,18). The van der Waals surface area contributed by atoms with E-state index in [2.05, 4.69) is 5.32 Å². The van der Waals surface area contributed by atoms with Crippen molar-refractivity contribution in [3.63, 3.8) is 0 Å². The second kappa shape index (κ2) is 6.18. The van der Waals surface area contributed by atoms with Crippen LogP contribution in [0.25, 0.3) is 0 Å². The molecule has 0 radical (unpaired) electrons. The molecule has 0 aromatic carbocycles. The fourth-order valence-corrected chi connectivity index (χ4v) is 2.98. The quantitative estimate of drug-likeness (QED) is 0.783. The minimum absolute atomic E-state index is 0.0239. The molecule has 5 heteroatoms. The summed E-state index contributed by atoms with van der Waals surface area (Å²) in [5.41, 5.74) is 0. The van der Waals surface area contributed by atoms with Crippen LogP contribution in [0.4, 0.5) is 0 Å². The molecule has 0 aromatic rings. The van der Waals surface area contributed by atoms with Gasteiger partial charge in [-0.1, -0.05) is 19.3 Å². The summed E-state index contributed by atoms with van der Waals surface area (Å²) in [6, 6.07) is -0.685. The third-order valence-electron chi connectivity index (χ3n) is 4.04. The van der Waals surface area contributed by atoms with Crippen LogP contribution in [-0.4, -0.2) is 47.6 Å². The molecule has 5 nitrogen and oxygen atoms in total. The van der Waals surface area contributed by atoms with Gasteiger partial charge in [0, 0.05) is 26.1 Å². The van der Waals surface area contributed by atoms with Crippen molar-refractivity contribution in [3.05, 3.63) is 0 Å². The Balaban J connectivity index is 1.91. The summed E-state index contributed by atoms with van der Waals surface area (Å²) in [4.78, 5) is 24.9. The van der Waals surface area contributed by atoms with Gasteiger partial charge in [-0.2, -0.15) is 0 Å². The monoisotopic (exact) mass is 254 g/mol. The number of aliphatic carboxylic acids is 1. The first-order chi connectivity index (χ1) is 8.68. The van der Waals surface area contributed by atoms with E-state index in [1.54, 1.807) is 4.90 Å². The first-order valence-corrected chi connectivity index (χ1v) is 6.91. The van der Waals surface area contributed by atoms with Crippen LogP contribution in [0.3, 0.4) is 0 Å². The maximum absolute atomic E-state index is 12.2. The van der Waals surface area contributed by atoms with E-state index in [1.807, 2.05) is 0 Å². The maximum atomic E-state index is 12.2. The van der Waals surface area contributed by atoms with Crippen molar-refractivity contribution in [2.45, 2.75) is 44.6 Å². The van der Waals surface area contributed by atoms with Crippen LogP contribution < -0.4 is 5.32 Å². The lowest BCUT2D eigenvalue weighted by atomic mass is 9.86. The summed E-state index contributed by atoms with van der Waals surface area (Å²) in [6.45, 7) is 1.58. The summed E-state index contributed by atoms with van der Waals surface area (Å²) in [5, 5.41) is 12.2. The van der Waals surface area contributed by atoms with Crippen LogP contribution in [-0.2, 0) is 9.59 Å². The highest BCUT2D eigenvalue weighted by molar-refractivity contribution is 5.84. The van der Waals surface area contributed by atoms with Gasteiger partial charge in [-0.05, 0) is 18.8 Å². The Morgan fingerprint density at radius 2 is 1.94 bits per heavy atom. The second-order valence-corrected chi connectivity index (χ2v) is 5.35. The number of carboxylic acid groups (broad SMARTS) is 1. The van der Waals surface area contributed by atoms with E-state index < -0.39 is 12.0 Å². The van der Waals surface area contributed by atoms with Crippen molar-refractivity contribution in [2.24, 2.45) is 5.92 Å². The molecule has 1 saturated heterocycles. The average Bonchev–Trinajstić information content (AvgIpc) is 2.40. The highest BCUT2D eigenvalue weighted by Gasteiger charge is 2.32. The zero-order valence-electron chi connectivity index (χ0n) is 10.7. The van der Waals surface area contributed by atoms with Crippen molar-refractivity contribution in [1.82, 2.24) is 10.2 Å². The van der Waals surface area contributed by atoms with E-state index in [-0.39, 0.29) is 5.91 Å². The van der Waals surface area contributed by atoms with E-state index in [0.29, 0.717) is 32.0 Å². The fourth-order valence-electron chi connectivity index (χ4n) is 2.98. The molecular weight excluding hydrogens is 232 g/mol. The zero-order valence-corrected chi connectivity index (χ0v) is 10.7. The van der Waals surface area contributed by atoms with Gasteiger partial charge in [0.25, 0.3) is 0 Å². The summed E-state index contributed by atoms with van der Waals surface area (Å²) < 4.78 is 0. The van der Waals surface area contributed by atoms with Crippen molar-refractivity contribution in [3.8, 4) is 0 Å². The topological polar surface area (TPSA) is 69.6 Å². The minimum Gasteiger partial charge on any atom is -0.480 e. The molecule has 1 unspecified atom stereocenters.